The Labute approximate surface area is 171 Å². The van der Waals surface area contributed by atoms with Crippen LogP contribution in [0.2, 0.25) is 0 Å². The molecule has 1 aromatic heterocycles. The lowest BCUT2D eigenvalue weighted by Gasteiger charge is -2.13. The summed E-state index contributed by atoms with van der Waals surface area (Å²) in [7, 11) is -1.64. The Kier molecular flexibility index (Phi) is 5.97. The van der Waals surface area contributed by atoms with E-state index in [-0.39, 0.29) is 51.3 Å². The van der Waals surface area contributed by atoms with Crippen LogP contribution in [0.5, 0.6) is 5.75 Å². The standard InChI is InChI=1S/C20H19F3N4O2S/c1-3-30(25,28)10-11-6-12(8-14(22)7-11)18-17(23)19(27-20(24)26-18)15-5-4-13(21)9-16(15)29-2/h4-9,25H,3,10H2,1-2H3,(H2,24,26,27). The minimum absolute atomic E-state index is 0.0368. The summed E-state index contributed by atoms with van der Waals surface area (Å²) < 4.78 is 68.1. The van der Waals surface area contributed by atoms with Gasteiger partial charge < -0.3 is 10.5 Å². The fourth-order valence-corrected chi connectivity index (χ4v) is 3.85. The van der Waals surface area contributed by atoms with E-state index in [1.165, 1.54) is 19.2 Å². The second-order valence-corrected chi connectivity index (χ2v) is 9.02. The highest BCUT2D eigenvalue weighted by atomic mass is 32.2. The number of nitrogen functional groups attached to an aromatic ring is 1. The molecule has 0 saturated heterocycles. The molecule has 3 N–H and O–H groups in total. The molecule has 10 heteroatoms. The molecule has 3 rings (SSSR count). The molecule has 6 nitrogen and oxygen atoms in total. The van der Waals surface area contributed by atoms with Gasteiger partial charge >= 0.3 is 0 Å². The summed E-state index contributed by atoms with van der Waals surface area (Å²) in [6.07, 6.45) is 0. The summed E-state index contributed by atoms with van der Waals surface area (Å²) in [5, 5.41) is 0. The minimum Gasteiger partial charge on any atom is -0.496 e. The normalized spacial score (nSPS) is 13.1. The van der Waals surface area contributed by atoms with Crippen LogP contribution in [0.1, 0.15) is 12.5 Å². The molecule has 0 fully saturated rings. The predicted molar refractivity (Wildman–Crippen MR) is 109 cm³/mol. The van der Waals surface area contributed by atoms with E-state index in [1.807, 2.05) is 0 Å². The van der Waals surface area contributed by atoms with E-state index in [0.717, 1.165) is 24.3 Å². The molecule has 0 spiro atoms. The van der Waals surface area contributed by atoms with Crippen molar-refractivity contribution in [1.82, 2.24) is 9.97 Å². The SMILES string of the molecule is CCS(=N)(=O)Cc1cc(F)cc(-c2nc(N)nc(-c3ccc(F)cc3OC)c2F)c1. The molecule has 158 valence electrons. The van der Waals surface area contributed by atoms with Gasteiger partial charge in [-0.1, -0.05) is 6.92 Å². The Morgan fingerprint density at radius 1 is 1.07 bits per heavy atom. The van der Waals surface area contributed by atoms with Crippen LogP contribution in [-0.4, -0.2) is 27.0 Å². The number of rotatable bonds is 6. The highest BCUT2D eigenvalue weighted by Crippen LogP contribution is 2.35. The number of methoxy groups -OCH3 is 1. The minimum atomic E-state index is -2.94. The molecule has 2 aromatic carbocycles. The third-order valence-electron chi connectivity index (χ3n) is 4.38. The van der Waals surface area contributed by atoms with Gasteiger partial charge in [0, 0.05) is 32.7 Å². The van der Waals surface area contributed by atoms with Crippen molar-refractivity contribution in [1.29, 1.82) is 4.78 Å². The molecular weight excluding hydrogens is 417 g/mol. The molecule has 0 saturated carbocycles. The third-order valence-corrected chi connectivity index (χ3v) is 6.12. The molecule has 0 aliphatic rings. The van der Waals surface area contributed by atoms with Gasteiger partial charge in [-0.2, -0.15) is 0 Å². The highest BCUT2D eigenvalue weighted by Gasteiger charge is 2.21. The van der Waals surface area contributed by atoms with E-state index in [2.05, 4.69) is 9.97 Å². The summed E-state index contributed by atoms with van der Waals surface area (Å²) >= 11 is 0. The Bertz CT molecular complexity index is 1220. The van der Waals surface area contributed by atoms with Crippen LogP contribution in [0.15, 0.2) is 36.4 Å². The fraction of sp³-hybridized carbons (Fsp3) is 0.200. The topological polar surface area (TPSA) is 102 Å². The number of hydrogen-bond acceptors (Lipinski definition) is 6. The average Bonchev–Trinajstić information content (AvgIpc) is 2.68. The van der Waals surface area contributed by atoms with Crippen molar-refractivity contribution in [3.63, 3.8) is 0 Å². The summed E-state index contributed by atoms with van der Waals surface area (Å²) in [6.45, 7) is 1.60. The number of halogens is 3. The number of nitrogens with two attached hydrogens (primary N) is 1. The van der Waals surface area contributed by atoms with Gasteiger partial charge in [-0.15, -0.1) is 0 Å². The number of nitrogens with zero attached hydrogens (tertiary/aromatic N) is 2. The first-order valence-electron chi connectivity index (χ1n) is 8.84. The second kappa shape index (κ2) is 8.31. The van der Waals surface area contributed by atoms with Crippen LogP contribution < -0.4 is 10.5 Å². The molecule has 0 aliphatic heterocycles. The van der Waals surface area contributed by atoms with E-state index in [4.69, 9.17) is 15.3 Å². The first-order chi connectivity index (χ1) is 14.1. The van der Waals surface area contributed by atoms with Crippen molar-refractivity contribution in [3.8, 4) is 28.3 Å². The Morgan fingerprint density at radius 2 is 1.77 bits per heavy atom. The largest absolute Gasteiger partial charge is 0.496 e. The monoisotopic (exact) mass is 436 g/mol. The van der Waals surface area contributed by atoms with Crippen molar-refractivity contribution < 1.29 is 22.1 Å². The van der Waals surface area contributed by atoms with Gasteiger partial charge in [0.1, 0.15) is 28.8 Å². The molecule has 1 atom stereocenters. The Hall–Kier alpha value is -3.14. The van der Waals surface area contributed by atoms with Crippen molar-refractivity contribution in [2.45, 2.75) is 12.7 Å². The maximum atomic E-state index is 15.4. The van der Waals surface area contributed by atoms with Crippen LogP contribution >= 0.6 is 0 Å². The van der Waals surface area contributed by atoms with Gasteiger partial charge in [-0.05, 0) is 35.9 Å². The third kappa shape index (κ3) is 4.54. The van der Waals surface area contributed by atoms with Crippen LogP contribution in [-0.2, 0) is 15.5 Å². The molecule has 3 aromatic rings. The summed E-state index contributed by atoms with van der Waals surface area (Å²) in [6, 6.07) is 7.07. The lowest BCUT2D eigenvalue weighted by molar-refractivity contribution is 0.412. The maximum Gasteiger partial charge on any atom is 0.221 e. The smallest absolute Gasteiger partial charge is 0.221 e. The molecule has 0 bridgehead atoms. The molecule has 0 radical (unpaired) electrons. The summed E-state index contributed by atoms with van der Waals surface area (Å²) in [5.41, 5.74) is 5.69. The van der Waals surface area contributed by atoms with Crippen LogP contribution in [0.3, 0.4) is 0 Å². The van der Waals surface area contributed by atoms with Gasteiger partial charge in [0.15, 0.2) is 5.82 Å². The van der Waals surface area contributed by atoms with Gasteiger partial charge in [-0.3, -0.25) is 4.78 Å². The number of aromatic nitrogens is 2. The number of anilines is 1. The zero-order valence-corrected chi connectivity index (χ0v) is 17.0. The highest BCUT2D eigenvalue weighted by molar-refractivity contribution is 7.91. The number of hydrogen-bond donors (Lipinski definition) is 2. The van der Waals surface area contributed by atoms with E-state index in [0.29, 0.717) is 0 Å². The lowest BCUT2D eigenvalue weighted by atomic mass is 10.0. The molecule has 0 amide bonds. The molecule has 0 aliphatic carbocycles. The fourth-order valence-electron chi connectivity index (χ4n) is 2.94. The van der Waals surface area contributed by atoms with Gasteiger partial charge in [-0.25, -0.2) is 27.3 Å². The maximum absolute atomic E-state index is 15.4. The zero-order valence-electron chi connectivity index (χ0n) is 16.2. The number of benzene rings is 2. The number of ether oxygens (including phenoxy) is 1. The van der Waals surface area contributed by atoms with Gasteiger partial charge in [0.25, 0.3) is 0 Å². The van der Waals surface area contributed by atoms with Gasteiger partial charge in [0.2, 0.25) is 5.95 Å². The van der Waals surface area contributed by atoms with Crippen LogP contribution in [0, 0.1) is 22.2 Å². The zero-order chi connectivity index (χ0) is 22.1. The number of nitrogens with one attached hydrogen (secondary N) is 1. The molecule has 30 heavy (non-hydrogen) atoms. The van der Waals surface area contributed by atoms with E-state index >= 15 is 4.39 Å². The van der Waals surface area contributed by atoms with Gasteiger partial charge in [0.05, 0.1) is 12.9 Å². The quantitative estimate of drug-likeness (QED) is 0.597. The van der Waals surface area contributed by atoms with Crippen LogP contribution in [0.4, 0.5) is 19.1 Å². The second-order valence-electron chi connectivity index (χ2n) is 6.53. The Morgan fingerprint density at radius 3 is 2.43 bits per heavy atom. The molecule has 1 unspecified atom stereocenters. The van der Waals surface area contributed by atoms with E-state index < -0.39 is 27.2 Å². The summed E-state index contributed by atoms with van der Waals surface area (Å²) in [4.78, 5) is 7.80. The lowest BCUT2D eigenvalue weighted by Crippen LogP contribution is -2.07. The molecule has 1 heterocycles. The van der Waals surface area contributed by atoms with Crippen molar-refractivity contribution in [3.05, 3.63) is 59.4 Å². The van der Waals surface area contributed by atoms with E-state index in [9.17, 15) is 13.0 Å². The van der Waals surface area contributed by atoms with E-state index in [1.54, 1.807) is 6.92 Å². The first kappa shape index (κ1) is 21.6. The summed E-state index contributed by atoms with van der Waals surface area (Å²) in [5.74, 6) is -2.52. The average molecular weight is 436 g/mol. The Balaban J connectivity index is 2.19. The molecular formula is C20H19F3N4O2S. The van der Waals surface area contributed by atoms with Crippen LogP contribution in [0.25, 0.3) is 22.5 Å². The van der Waals surface area contributed by atoms with Crippen molar-refractivity contribution in [2.24, 2.45) is 0 Å². The van der Waals surface area contributed by atoms with Crippen molar-refractivity contribution in [2.75, 3.05) is 18.6 Å². The van der Waals surface area contributed by atoms with Crippen molar-refractivity contribution >= 4 is 15.7 Å². The predicted octanol–water partition coefficient (Wildman–Crippen LogP) is 4.39. The first-order valence-corrected chi connectivity index (χ1v) is 10.7.